The summed E-state index contributed by atoms with van der Waals surface area (Å²) in [7, 11) is 0. The van der Waals surface area contributed by atoms with Crippen LogP contribution in [-0.2, 0) is 0 Å². The fourth-order valence-corrected chi connectivity index (χ4v) is 3.21. The second kappa shape index (κ2) is 5.53. The Hall–Kier alpha value is -2.63. The van der Waals surface area contributed by atoms with Crippen molar-refractivity contribution in [2.45, 2.75) is 25.9 Å². The van der Waals surface area contributed by atoms with Gasteiger partial charge in [0, 0.05) is 36.7 Å². The molecule has 6 nitrogen and oxygen atoms in total. The first-order valence-electron chi connectivity index (χ1n) is 7.96. The quantitative estimate of drug-likeness (QED) is 0.890. The maximum absolute atomic E-state index is 12.4. The largest absolute Gasteiger partial charge is 0.361 e. The van der Waals surface area contributed by atoms with E-state index in [1.807, 2.05) is 25.1 Å². The zero-order chi connectivity index (χ0) is 15.8. The number of nitrogens with one attached hydrogen (secondary N) is 2. The number of amides is 1. The van der Waals surface area contributed by atoms with Gasteiger partial charge in [0.05, 0.1) is 5.56 Å². The third kappa shape index (κ3) is 2.50. The second-order valence-electron chi connectivity index (χ2n) is 6.06. The summed E-state index contributed by atoms with van der Waals surface area (Å²) >= 11 is 0. The number of carbonyl (C=O) groups is 1. The number of carbonyl (C=O) groups excluding carboxylic acids is 1. The first kappa shape index (κ1) is 14.0. The van der Waals surface area contributed by atoms with Gasteiger partial charge >= 0.3 is 0 Å². The highest BCUT2D eigenvalue weighted by Gasteiger charge is 2.26. The van der Waals surface area contributed by atoms with Crippen LogP contribution >= 0.6 is 0 Å². The van der Waals surface area contributed by atoms with E-state index in [0.29, 0.717) is 5.56 Å². The Labute approximate surface area is 134 Å². The van der Waals surface area contributed by atoms with Gasteiger partial charge in [-0.05, 0) is 31.4 Å². The maximum atomic E-state index is 12.4. The first-order chi connectivity index (χ1) is 11.2. The molecule has 4 rings (SSSR count). The third-order valence-corrected chi connectivity index (χ3v) is 4.46. The Morgan fingerprint density at radius 2 is 1.87 bits per heavy atom. The highest BCUT2D eigenvalue weighted by Crippen LogP contribution is 2.28. The number of aryl methyl sites for hydroxylation is 1. The zero-order valence-corrected chi connectivity index (χ0v) is 13.0. The van der Waals surface area contributed by atoms with Crippen LogP contribution in [0.15, 0.2) is 30.6 Å². The van der Waals surface area contributed by atoms with E-state index in [-0.39, 0.29) is 12.1 Å². The van der Waals surface area contributed by atoms with Crippen molar-refractivity contribution in [3.8, 4) is 0 Å². The smallest absolute Gasteiger partial charge is 0.255 e. The summed E-state index contributed by atoms with van der Waals surface area (Å²) in [6, 6.07) is 5.81. The summed E-state index contributed by atoms with van der Waals surface area (Å²) in [5, 5.41) is 6.32. The average Bonchev–Trinajstić information content (AvgIpc) is 3.09. The molecule has 2 aromatic rings. The van der Waals surface area contributed by atoms with Crippen molar-refractivity contribution in [3.63, 3.8) is 0 Å². The average molecular weight is 309 g/mol. The van der Waals surface area contributed by atoms with Gasteiger partial charge in [-0.25, -0.2) is 9.97 Å². The highest BCUT2D eigenvalue weighted by atomic mass is 16.2. The van der Waals surface area contributed by atoms with Crippen LogP contribution < -0.4 is 15.5 Å². The molecule has 0 bridgehead atoms. The summed E-state index contributed by atoms with van der Waals surface area (Å²) in [6.07, 6.45) is 5.67. The van der Waals surface area contributed by atoms with Crippen LogP contribution in [-0.4, -0.2) is 29.0 Å². The number of anilines is 2. The Morgan fingerprint density at radius 3 is 2.61 bits per heavy atom. The van der Waals surface area contributed by atoms with Gasteiger partial charge in [0.15, 0.2) is 0 Å². The summed E-state index contributed by atoms with van der Waals surface area (Å²) < 4.78 is 0. The van der Waals surface area contributed by atoms with Gasteiger partial charge in [-0.3, -0.25) is 4.79 Å². The molecule has 1 aromatic heterocycles. The molecule has 0 radical (unpaired) electrons. The van der Waals surface area contributed by atoms with Crippen LogP contribution in [0.1, 0.15) is 40.5 Å². The molecule has 1 atom stereocenters. The minimum absolute atomic E-state index is 0.0644. The van der Waals surface area contributed by atoms with E-state index in [4.69, 9.17) is 0 Å². The summed E-state index contributed by atoms with van der Waals surface area (Å²) in [5.74, 6) is 0.704. The molecule has 1 amide bonds. The number of hydrogen-bond acceptors (Lipinski definition) is 5. The molecular formula is C17H19N5O. The number of benzene rings is 1. The fraction of sp³-hybridized carbons (Fsp3) is 0.353. The van der Waals surface area contributed by atoms with Crippen LogP contribution in [0.25, 0.3) is 0 Å². The number of aromatic nitrogens is 2. The minimum Gasteiger partial charge on any atom is -0.361 e. The van der Waals surface area contributed by atoms with Crippen LogP contribution in [0.3, 0.4) is 0 Å². The molecule has 23 heavy (non-hydrogen) atoms. The SMILES string of the molecule is Cc1cccc2c1C(=O)N[C@H](c1cnc(N3CCCC3)nc1)N2. The molecule has 0 saturated carbocycles. The number of fused-ring (bicyclic) bond motifs is 1. The van der Waals surface area contributed by atoms with E-state index in [1.165, 1.54) is 12.8 Å². The van der Waals surface area contributed by atoms with Crippen LogP contribution in [0.4, 0.5) is 11.6 Å². The third-order valence-electron chi connectivity index (χ3n) is 4.46. The van der Waals surface area contributed by atoms with Gasteiger partial charge in [0.2, 0.25) is 5.95 Å². The van der Waals surface area contributed by atoms with E-state index >= 15 is 0 Å². The maximum Gasteiger partial charge on any atom is 0.255 e. The van der Waals surface area contributed by atoms with E-state index in [9.17, 15) is 4.79 Å². The summed E-state index contributed by atoms with van der Waals surface area (Å²) in [4.78, 5) is 23.5. The van der Waals surface area contributed by atoms with Crippen molar-refractivity contribution < 1.29 is 4.79 Å². The lowest BCUT2D eigenvalue weighted by molar-refractivity contribution is 0.0935. The van der Waals surface area contributed by atoms with Crippen molar-refractivity contribution in [1.29, 1.82) is 0 Å². The lowest BCUT2D eigenvalue weighted by Gasteiger charge is -2.28. The van der Waals surface area contributed by atoms with E-state index < -0.39 is 0 Å². The molecule has 2 aliphatic heterocycles. The molecule has 2 aliphatic rings. The molecular weight excluding hydrogens is 290 g/mol. The van der Waals surface area contributed by atoms with Crippen molar-refractivity contribution in [2.75, 3.05) is 23.3 Å². The lowest BCUT2D eigenvalue weighted by Crippen LogP contribution is -2.39. The summed E-state index contributed by atoms with van der Waals surface area (Å²) in [5.41, 5.74) is 3.38. The van der Waals surface area contributed by atoms with Gasteiger partial charge in [0.25, 0.3) is 5.91 Å². The topological polar surface area (TPSA) is 70.2 Å². The van der Waals surface area contributed by atoms with Gasteiger partial charge in [-0.1, -0.05) is 12.1 Å². The molecule has 0 unspecified atom stereocenters. The molecule has 118 valence electrons. The van der Waals surface area contributed by atoms with Gasteiger partial charge < -0.3 is 15.5 Å². The Morgan fingerprint density at radius 1 is 1.13 bits per heavy atom. The fourth-order valence-electron chi connectivity index (χ4n) is 3.21. The molecule has 1 saturated heterocycles. The molecule has 3 heterocycles. The van der Waals surface area contributed by atoms with Gasteiger partial charge in [-0.2, -0.15) is 0 Å². The molecule has 0 aliphatic carbocycles. The van der Waals surface area contributed by atoms with E-state index in [2.05, 4.69) is 25.5 Å². The van der Waals surface area contributed by atoms with Gasteiger partial charge in [0.1, 0.15) is 6.17 Å². The first-order valence-corrected chi connectivity index (χ1v) is 7.96. The zero-order valence-electron chi connectivity index (χ0n) is 13.0. The van der Waals surface area contributed by atoms with Crippen molar-refractivity contribution in [3.05, 3.63) is 47.3 Å². The molecule has 1 fully saturated rings. The van der Waals surface area contributed by atoms with Crippen molar-refractivity contribution >= 4 is 17.5 Å². The minimum atomic E-state index is -0.301. The highest BCUT2D eigenvalue weighted by molar-refractivity contribution is 6.03. The van der Waals surface area contributed by atoms with Crippen LogP contribution in [0.5, 0.6) is 0 Å². The van der Waals surface area contributed by atoms with E-state index in [0.717, 1.165) is 35.9 Å². The van der Waals surface area contributed by atoms with Crippen LogP contribution in [0.2, 0.25) is 0 Å². The second-order valence-corrected chi connectivity index (χ2v) is 6.06. The molecule has 1 aromatic carbocycles. The normalized spacial score (nSPS) is 20.0. The summed E-state index contributed by atoms with van der Waals surface area (Å²) in [6.45, 7) is 3.98. The Balaban J connectivity index is 1.58. The van der Waals surface area contributed by atoms with Crippen molar-refractivity contribution in [2.24, 2.45) is 0 Å². The predicted molar refractivity (Wildman–Crippen MR) is 88.5 cm³/mol. The van der Waals surface area contributed by atoms with Gasteiger partial charge in [-0.15, -0.1) is 0 Å². The Kier molecular flexibility index (Phi) is 3.37. The predicted octanol–water partition coefficient (Wildman–Crippen LogP) is 2.24. The number of rotatable bonds is 2. The monoisotopic (exact) mass is 309 g/mol. The van der Waals surface area contributed by atoms with Crippen molar-refractivity contribution in [1.82, 2.24) is 15.3 Å². The van der Waals surface area contributed by atoms with E-state index in [1.54, 1.807) is 12.4 Å². The standard InChI is InChI=1S/C17H19N5O/c1-11-5-4-6-13-14(11)16(23)21-15(20-13)12-9-18-17(19-10-12)22-7-2-3-8-22/h4-6,9-10,15,20H,2-3,7-8H2,1H3,(H,21,23)/t15-/m1/s1. The number of hydrogen-bond donors (Lipinski definition) is 2. The molecule has 2 N–H and O–H groups in total. The molecule has 0 spiro atoms. The Bertz CT molecular complexity index is 737. The van der Waals surface area contributed by atoms with Crippen LogP contribution in [0, 0.1) is 6.92 Å². The lowest BCUT2D eigenvalue weighted by atomic mass is 10.0. The number of nitrogens with zero attached hydrogens (tertiary/aromatic N) is 3. The molecule has 6 heteroatoms.